The summed E-state index contributed by atoms with van der Waals surface area (Å²) in [6.45, 7) is 4.16. The van der Waals surface area contributed by atoms with Gasteiger partial charge in [-0.25, -0.2) is 0 Å². The van der Waals surface area contributed by atoms with Crippen LogP contribution in [0.5, 0.6) is 0 Å². The van der Waals surface area contributed by atoms with E-state index in [4.69, 9.17) is 10.5 Å². The molecule has 0 heterocycles. The molecule has 0 fully saturated rings. The predicted octanol–water partition coefficient (Wildman–Crippen LogP) is -1.66. The average molecular weight is 234 g/mol. The summed E-state index contributed by atoms with van der Waals surface area (Å²) in [5.74, 6) is -1.41. The summed E-state index contributed by atoms with van der Waals surface area (Å²) in [7, 11) is 6.18. The first-order valence-electron chi connectivity index (χ1n) is 4.96. The molecule has 0 amide bonds. The van der Waals surface area contributed by atoms with Gasteiger partial charge in [-0.2, -0.15) is 0 Å². The maximum absolute atomic E-state index is 10.3. The van der Waals surface area contributed by atoms with E-state index in [1.165, 1.54) is 13.8 Å². The molecule has 2 N–H and O–H groups in total. The van der Waals surface area contributed by atoms with Gasteiger partial charge < -0.3 is 24.9 Å². The molecule has 0 unspecified atom stereocenters. The molecule has 0 radical (unpaired) electrons. The van der Waals surface area contributed by atoms with Crippen LogP contribution in [0.1, 0.15) is 13.8 Å². The van der Waals surface area contributed by atoms with Crippen molar-refractivity contribution in [3.63, 3.8) is 0 Å². The number of carboxylic acid groups (broad SMARTS) is 1. The van der Waals surface area contributed by atoms with Gasteiger partial charge >= 0.3 is 5.97 Å². The maximum Gasteiger partial charge on any atom is 0.302 e. The highest BCUT2D eigenvalue weighted by Gasteiger charge is 2.06. The average Bonchev–Trinajstić information content (AvgIpc) is 2.01. The lowest BCUT2D eigenvalue weighted by molar-refractivity contribution is -0.870. The molecule has 0 aliphatic rings. The number of likely N-dealkylation sites (N-methyl/N-ethyl adjacent to an activating group) is 1. The first-order chi connectivity index (χ1) is 7.06. The second-order valence-electron chi connectivity index (χ2n) is 4.46. The summed E-state index contributed by atoms with van der Waals surface area (Å²) >= 11 is 0. The van der Waals surface area contributed by atoms with Crippen molar-refractivity contribution in [2.75, 3.05) is 34.3 Å². The Morgan fingerprint density at radius 1 is 1.38 bits per heavy atom. The summed E-state index contributed by atoms with van der Waals surface area (Å²) in [5.41, 5.74) is 4.77. The fourth-order valence-electron chi connectivity index (χ4n) is 0.463. The summed E-state index contributed by atoms with van der Waals surface area (Å²) in [6, 6.07) is -0.843. The number of nitrogens with zero attached hydrogens (tertiary/aromatic N) is 1. The molecule has 0 rings (SSSR count). The van der Waals surface area contributed by atoms with E-state index in [0.717, 1.165) is 11.0 Å². The summed E-state index contributed by atoms with van der Waals surface area (Å²) in [4.78, 5) is 19.8. The molecule has 0 saturated heterocycles. The van der Waals surface area contributed by atoms with E-state index in [1.807, 2.05) is 0 Å². The standard InChI is InChI=1S/C7H16NO2.C3H7NO2/c1-7(9)10-6-5-8(2,3)4;1-2(4)3(5)6/h5-6H2,1-4H3;2H,4H2,1H3,(H,5,6)/q+1;/p-1/t;2-/m.0/s1. The van der Waals surface area contributed by atoms with E-state index in [1.54, 1.807) is 0 Å². The van der Waals surface area contributed by atoms with Gasteiger partial charge in [-0.15, -0.1) is 0 Å². The molecule has 0 spiro atoms. The van der Waals surface area contributed by atoms with Gasteiger partial charge in [-0.05, 0) is 6.92 Å². The molecule has 0 aliphatic heterocycles. The molecule has 0 bridgehead atoms. The number of esters is 1. The Hall–Kier alpha value is -1.14. The van der Waals surface area contributed by atoms with Gasteiger partial charge in [-0.1, -0.05) is 0 Å². The van der Waals surface area contributed by atoms with Gasteiger partial charge in [0.15, 0.2) is 0 Å². The van der Waals surface area contributed by atoms with Gasteiger partial charge in [-0.3, -0.25) is 4.79 Å². The topological polar surface area (TPSA) is 92.5 Å². The summed E-state index contributed by atoms with van der Waals surface area (Å²) < 4.78 is 5.59. The van der Waals surface area contributed by atoms with Crippen molar-refractivity contribution >= 4 is 11.9 Å². The lowest BCUT2D eigenvalue weighted by Gasteiger charge is -2.23. The highest BCUT2D eigenvalue weighted by atomic mass is 16.5. The molecule has 0 aliphatic carbocycles. The largest absolute Gasteiger partial charge is 0.548 e. The minimum atomic E-state index is -1.21. The fraction of sp³-hybridized carbons (Fsp3) is 0.800. The molecule has 0 aromatic heterocycles. The Morgan fingerprint density at radius 2 is 1.75 bits per heavy atom. The molecule has 6 nitrogen and oxygen atoms in total. The van der Waals surface area contributed by atoms with Gasteiger partial charge in [0.2, 0.25) is 0 Å². The summed E-state index contributed by atoms with van der Waals surface area (Å²) in [6.07, 6.45) is 0. The second kappa shape index (κ2) is 8.06. The number of aliphatic carboxylic acids is 1. The van der Waals surface area contributed by atoms with Crippen molar-refractivity contribution in [2.24, 2.45) is 5.73 Å². The van der Waals surface area contributed by atoms with E-state index in [0.29, 0.717) is 6.61 Å². The Morgan fingerprint density at radius 3 is 1.94 bits per heavy atom. The van der Waals surface area contributed by atoms with Crippen molar-refractivity contribution in [2.45, 2.75) is 19.9 Å². The van der Waals surface area contributed by atoms with Crippen LogP contribution in [-0.4, -0.2) is 56.8 Å². The molecular weight excluding hydrogens is 212 g/mol. The van der Waals surface area contributed by atoms with Crippen LogP contribution in [0.15, 0.2) is 0 Å². The monoisotopic (exact) mass is 234 g/mol. The van der Waals surface area contributed by atoms with Crippen LogP contribution in [-0.2, 0) is 14.3 Å². The van der Waals surface area contributed by atoms with Crippen molar-refractivity contribution in [3.8, 4) is 0 Å². The fourth-order valence-corrected chi connectivity index (χ4v) is 0.463. The number of nitrogens with two attached hydrogens (primary N) is 1. The van der Waals surface area contributed by atoms with E-state index < -0.39 is 12.0 Å². The Labute approximate surface area is 96.6 Å². The van der Waals surface area contributed by atoms with Crippen LogP contribution in [0, 0.1) is 0 Å². The van der Waals surface area contributed by atoms with E-state index in [-0.39, 0.29) is 5.97 Å². The zero-order valence-corrected chi connectivity index (χ0v) is 10.6. The van der Waals surface area contributed by atoms with Gasteiger partial charge in [0.25, 0.3) is 0 Å². The first-order valence-corrected chi connectivity index (χ1v) is 4.96. The van der Waals surface area contributed by atoms with Crippen molar-refractivity contribution in [3.05, 3.63) is 0 Å². The van der Waals surface area contributed by atoms with Crippen molar-refractivity contribution in [1.29, 1.82) is 0 Å². The molecule has 16 heavy (non-hydrogen) atoms. The Bertz CT molecular complexity index is 221. The Kier molecular flexibility index (Phi) is 8.70. The lowest BCUT2D eigenvalue weighted by Crippen LogP contribution is -2.39. The van der Waals surface area contributed by atoms with Crippen molar-refractivity contribution in [1.82, 2.24) is 0 Å². The highest BCUT2D eigenvalue weighted by molar-refractivity contribution is 5.70. The zero-order valence-electron chi connectivity index (χ0n) is 10.6. The normalized spacial score (nSPS) is 12.1. The number of carbonyl (C=O) groups excluding carboxylic acids is 2. The van der Waals surface area contributed by atoms with E-state index >= 15 is 0 Å². The molecule has 0 aromatic rings. The molecular formula is C10H22N2O4. The second-order valence-corrected chi connectivity index (χ2v) is 4.46. The van der Waals surface area contributed by atoms with Crippen LogP contribution in [0.3, 0.4) is 0 Å². The van der Waals surface area contributed by atoms with Crippen molar-refractivity contribution < 1.29 is 23.9 Å². The predicted molar refractivity (Wildman–Crippen MR) is 58.2 cm³/mol. The quantitative estimate of drug-likeness (QED) is 0.464. The number of rotatable bonds is 4. The van der Waals surface area contributed by atoms with Crippen LogP contribution >= 0.6 is 0 Å². The third-order valence-electron chi connectivity index (χ3n) is 1.44. The van der Waals surface area contributed by atoms with Crippen LogP contribution in [0.2, 0.25) is 0 Å². The molecule has 96 valence electrons. The minimum Gasteiger partial charge on any atom is -0.548 e. The number of hydrogen-bond acceptors (Lipinski definition) is 5. The molecule has 6 heteroatoms. The number of carbonyl (C=O) groups is 2. The van der Waals surface area contributed by atoms with Crippen LogP contribution in [0.4, 0.5) is 0 Å². The number of hydrogen-bond donors (Lipinski definition) is 1. The lowest BCUT2D eigenvalue weighted by atomic mass is 10.4. The van der Waals surface area contributed by atoms with Crippen LogP contribution < -0.4 is 10.8 Å². The smallest absolute Gasteiger partial charge is 0.302 e. The summed E-state index contributed by atoms with van der Waals surface area (Å²) in [5, 5.41) is 9.46. The minimum absolute atomic E-state index is 0.201. The molecule has 0 saturated carbocycles. The first kappa shape index (κ1) is 17.3. The van der Waals surface area contributed by atoms with Crippen LogP contribution in [0.25, 0.3) is 0 Å². The van der Waals surface area contributed by atoms with Gasteiger partial charge in [0.05, 0.1) is 27.1 Å². The molecule has 1 atom stereocenters. The highest BCUT2D eigenvalue weighted by Crippen LogP contribution is 1.89. The Balaban J connectivity index is 0. The third-order valence-corrected chi connectivity index (χ3v) is 1.44. The maximum atomic E-state index is 10.3. The van der Waals surface area contributed by atoms with E-state index in [9.17, 15) is 14.7 Å². The van der Waals surface area contributed by atoms with E-state index in [2.05, 4.69) is 21.1 Å². The van der Waals surface area contributed by atoms with Gasteiger partial charge in [0.1, 0.15) is 13.2 Å². The third kappa shape index (κ3) is 18.6. The molecule has 0 aromatic carbocycles. The SMILES string of the molecule is CC(=O)OCC[N+](C)(C)C.C[C@H](N)C(=O)[O-]. The number of ether oxygens (including phenoxy) is 1. The zero-order chi connectivity index (χ0) is 13.4. The number of carboxylic acids is 1. The number of quaternary nitrogens is 1. The van der Waals surface area contributed by atoms with Gasteiger partial charge in [0, 0.05) is 13.0 Å².